The van der Waals surface area contributed by atoms with Crippen LogP contribution in [0.1, 0.15) is 52.5 Å². The van der Waals surface area contributed by atoms with Crippen LogP contribution in [-0.4, -0.2) is 54.1 Å². The Kier molecular flexibility index (Phi) is 12.4. The molecule has 0 atom stereocenters. The minimum absolute atomic E-state index is 0.772. The van der Waals surface area contributed by atoms with Gasteiger partial charge in [0.05, 0.1) is 0 Å². The molecule has 200 valence electrons. The Hall–Kier alpha value is -2.96. The number of aromatic nitrogens is 2. The Bertz CT molecular complexity index is 1030. The summed E-state index contributed by atoms with van der Waals surface area (Å²) in [6.07, 6.45) is 8.60. The Morgan fingerprint density at radius 3 is 2.41 bits per heavy atom. The topological polar surface area (TPSA) is 65.1 Å². The van der Waals surface area contributed by atoms with E-state index in [0.717, 1.165) is 73.4 Å². The lowest BCUT2D eigenvalue weighted by molar-refractivity contribution is 0.184. The molecule has 37 heavy (non-hydrogen) atoms. The summed E-state index contributed by atoms with van der Waals surface area (Å²) in [6, 6.07) is 17.1. The van der Waals surface area contributed by atoms with Gasteiger partial charge in [-0.25, -0.2) is 9.97 Å². The minimum atomic E-state index is 0.772. The van der Waals surface area contributed by atoms with Gasteiger partial charge in [-0.2, -0.15) is 0 Å². The summed E-state index contributed by atoms with van der Waals surface area (Å²) in [6.45, 7) is 14.6. The largest absolute Gasteiger partial charge is 0.370 e. The normalized spacial score (nSPS) is 19.7. The number of anilines is 3. The monoisotopic (exact) mass is 502 g/mol. The van der Waals surface area contributed by atoms with Crippen molar-refractivity contribution in [2.45, 2.75) is 53.4 Å². The molecule has 8 bridgehead atoms. The highest BCUT2D eigenvalue weighted by Crippen LogP contribution is 2.26. The fourth-order valence-electron chi connectivity index (χ4n) is 4.81. The second-order valence-corrected chi connectivity index (χ2v) is 9.21. The molecule has 5 aliphatic rings. The van der Waals surface area contributed by atoms with Crippen LogP contribution in [0, 0.1) is 5.92 Å². The molecule has 1 aromatic carbocycles. The summed E-state index contributed by atoms with van der Waals surface area (Å²) < 4.78 is 0. The number of benzene rings is 1. The van der Waals surface area contributed by atoms with Gasteiger partial charge in [0.15, 0.2) is 0 Å². The van der Waals surface area contributed by atoms with E-state index in [1.165, 1.54) is 31.5 Å². The molecule has 1 fully saturated rings. The first-order valence-electron chi connectivity index (χ1n) is 14.3. The van der Waals surface area contributed by atoms with Gasteiger partial charge in [-0.05, 0) is 98.8 Å². The van der Waals surface area contributed by atoms with E-state index < -0.39 is 0 Å². The van der Waals surface area contributed by atoms with E-state index in [0.29, 0.717) is 0 Å². The summed E-state index contributed by atoms with van der Waals surface area (Å²) in [4.78, 5) is 11.8. The highest BCUT2D eigenvalue weighted by molar-refractivity contribution is 5.68. The fourth-order valence-corrected chi connectivity index (χ4v) is 4.81. The molecule has 0 saturated carbocycles. The molecule has 7 heterocycles. The van der Waals surface area contributed by atoms with Crippen LogP contribution in [0.2, 0.25) is 0 Å². The van der Waals surface area contributed by atoms with Crippen LogP contribution in [-0.2, 0) is 6.42 Å². The van der Waals surface area contributed by atoms with E-state index in [1.54, 1.807) is 0 Å². The van der Waals surface area contributed by atoms with E-state index >= 15 is 0 Å². The lowest BCUT2D eigenvalue weighted by Gasteiger charge is -2.32. The van der Waals surface area contributed by atoms with E-state index in [2.05, 4.69) is 73.3 Å². The first-order chi connectivity index (χ1) is 18.3. The van der Waals surface area contributed by atoms with Crippen LogP contribution < -0.4 is 16.0 Å². The summed E-state index contributed by atoms with van der Waals surface area (Å²) in [5, 5.41) is 10.5. The lowest BCUT2D eigenvalue weighted by Crippen LogP contribution is -2.39. The number of pyridine rings is 2. The summed E-state index contributed by atoms with van der Waals surface area (Å²) in [5.41, 5.74) is 4.70. The summed E-state index contributed by atoms with van der Waals surface area (Å²) >= 11 is 0. The molecule has 2 aromatic heterocycles. The van der Waals surface area contributed by atoms with Crippen molar-refractivity contribution in [3.8, 4) is 11.1 Å². The molecule has 1 saturated heterocycles. The zero-order valence-electron chi connectivity index (χ0n) is 23.3. The van der Waals surface area contributed by atoms with Crippen molar-refractivity contribution in [2.75, 3.05) is 49.9 Å². The molecule has 0 radical (unpaired) electrons. The standard InChI is InChI=1S/C27H34N6.2C2H6/c1-3-22-17-21-8-14-33(15-9-21)16-13-28-10-2-11-29-26-6-5-24(20-31-26)23-7-12-30-27(19-23)32-25(4-1)18-22;2*1-2/h1,3-7,12,18-21,28H,2,8-11,13-17H2,(H,29,31)(H,30,32);2*1-2H3. The zero-order chi connectivity index (χ0) is 26.3. The second-order valence-electron chi connectivity index (χ2n) is 9.21. The predicted octanol–water partition coefficient (Wildman–Crippen LogP) is 6.60. The van der Waals surface area contributed by atoms with Crippen LogP contribution >= 0.6 is 0 Å². The van der Waals surface area contributed by atoms with Gasteiger partial charge in [0.2, 0.25) is 0 Å². The van der Waals surface area contributed by atoms with E-state index in [-0.39, 0.29) is 0 Å². The number of nitrogens with one attached hydrogen (secondary N) is 3. The second kappa shape index (κ2) is 16.0. The van der Waals surface area contributed by atoms with Gasteiger partial charge >= 0.3 is 0 Å². The molecular formula is C31H46N6. The number of hydrogen-bond acceptors (Lipinski definition) is 6. The number of piperidine rings is 1. The number of nitrogens with zero attached hydrogens (tertiary/aromatic N) is 3. The number of hydrogen-bond donors (Lipinski definition) is 3. The third kappa shape index (κ3) is 9.13. The third-order valence-electron chi connectivity index (χ3n) is 6.73. The van der Waals surface area contributed by atoms with Gasteiger partial charge in [-0.15, -0.1) is 0 Å². The Labute approximate surface area is 224 Å². The minimum Gasteiger partial charge on any atom is -0.370 e. The van der Waals surface area contributed by atoms with Gasteiger partial charge in [0.25, 0.3) is 0 Å². The van der Waals surface area contributed by atoms with Crippen molar-refractivity contribution in [1.29, 1.82) is 0 Å². The highest BCUT2D eigenvalue weighted by Gasteiger charge is 2.19. The maximum atomic E-state index is 4.60. The fraction of sp³-hybridized carbons (Fsp3) is 0.484. The van der Waals surface area contributed by atoms with Crippen molar-refractivity contribution in [3.63, 3.8) is 0 Å². The van der Waals surface area contributed by atoms with Gasteiger partial charge in [0, 0.05) is 43.3 Å². The first-order valence-corrected chi connectivity index (χ1v) is 14.3. The molecule has 0 aliphatic carbocycles. The molecule has 6 heteroatoms. The number of rotatable bonds is 0. The Balaban J connectivity index is 0.000000907. The van der Waals surface area contributed by atoms with Crippen molar-refractivity contribution in [1.82, 2.24) is 20.2 Å². The molecule has 0 spiro atoms. The van der Waals surface area contributed by atoms with E-state index in [4.69, 9.17) is 0 Å². The van der Waals surface area contributed by atoms with Crippen LogP contribution in [0.3, 0.4) is 0 Å². The Morgan fingerprint density at radius 2 is 1.62 bits per heavy atom. The van der Waals surface area contributed by atoms with E-state index in [9.17, 15) is 0 Å². The van der Waals surface area contributed by atoms with Gasteiger partial charge < -0.3 is 20.9 Å². The maximum absolute atomic E-state index is 4.60. The van der Waals surface area contributed by atoms with Crippen molar-refractivity contribution in [2.24, 2.45) is 5.92 Å². The molecule has 3 aromatic rings. The van der Waals surface area contributed by atoms with Crippen molar-refractivity contribution >= 4 is 17.3 Å². The van der Waals surface area contributed by atoms with Crippen LogP contribution in [0.15, 0.2) is 60.9 Å². The molecule has 3 N–H and O–H groups in total. The maximum Gasteiger partial charge on any atom is 0.130 e. The molecule has 6 nitrogen and oxygen atoms in total. The average Bonchev–Trinajstić information content (AvgIpc) is 2.96. The van der Waals surface area contributed by atoms with Crippen LogP contribution in [0.5, 0.6) is 0 Å². The molecule has 8 rings (SSSR count). The Morgan fingerprint density at radius 1 is 0.784 bits per heavy atom. The van der Waals surface area contributed by atoms with Crippen molar-refractivity contribution < 1.29 is 0 Å². The summed E-state index contributed by atoms with van der Waals surface area (Å²) in [5.74, 6) is 2.55. The lowest BCUT2D eigenvalue weighted by atomic mass is 9.90. The highest BCUT2D eigenvalue weighted by atomic mass is 15.1. The van der Waals surface area contributed by atoms with Gasteiger partial charge in [0.1, 0.15) is 11.6 Å². The van der Waals surface area contributed by atoms with Crippen LogP contribution in [0.25, 0.3) is 11.1 Å². The third-order valence-corrected chi connectivity index (χ3v) is 6.73. The SMILES string of the molecule is CC.CC.c1cc2cc(c1)Nc1cc(ccn1)-c1ccc(nc1)NCCCNCCN1CCC(CC1)C2. The van der Waals surface area contributed by atoms with Crippen molar-refractivity contribution in [3.05, 3.63) is 66.5 Å². The van der Waals surface area contributed by atoms with Gasteiger partial charge in [-0.1, -0.05) is 39.8 Å². The first kappa shape index (κ1) is 28.6. The van der Waals surface area contributed by atoms with E-state index in [1.807, 2.05) is 46.2 Å². The van der Waals surface area contributed by atoms with Gasteiger partial charge in [-0.3, -0.25) is 0 Å². The average molecular weight is 503 g/mol. The molecular weight excluding hydrogens is 456 g/mol. The zero-order valence-corrected chi connectivity index (χ0v) is 23.3. The van der Waals surface area contributed by atoms with Crippen LogP contribution in [0.4, 0.5) is 17.3 Å². The predicted molar refractivity (Wildman–Crippen MR) is 159 cm³/mol. The quantitative estimate of drug-likeness (QED) is 0.322. The molecule has 5 aliphatic heterocycles. The molecule has 0 unspecified atom stereocenters. The molecule has 0 amide bonds. The smallest absolute Gasteiger partial charge is 0.130 e. The summed E-state index contributed by atoms with van der Waals surface area (Å²) in [7, 11) is 0.